The van der Waals surface area contributed by atoms with Crippen LogP contribution in [0.4, 0.5) is 8.78 Å². The molecule has 1 heterocycles. The zero-order valence-corrected chi connectivity index (χ0v) is 7.83. The van der Waals surface area contributed by atoms with Gasteiger partial charge in [0.1, 0.15) is 0 Å². The van der Waals surface area contributed by atoms with E-state index in [0.29, 0.717) is 0 Å². The van der Waals surface area contributed by atoms with Crippen LogP contribution in [0, 0.1) is 24.2 Å². The number of terminal acetylenes is 1. The molecule has 1 atom stereocenters. The van der Waals surface area contributed by atoms with E-state index in [1.165, 1.54) is 0 Å². The zero-order chi connectivity index (χ0) is 11.4. The quantitative estimate of drug-likeness (QED) is 0.423. The van der Waals surface area contributed by atoms with Crippen LogP contribution >= 0.6 is 0 Å². The molecule has 0 aliphatic rings. The van der Waals surface area contributed by atoms with Crippen molar-refractivity contribution in [3.05, 3.63) is 29.6 Å². The van der Waals surface area contributed by atoms with Crippen LogP contribution in [-0.4, -0.2) is 11.0 Å². The minimum atomic E-state index is -1.18. The smallest absolute Gasteiger partial charge is 0.304 e. The lowest BCUT2D eigenvalue weighted by molar-refractivity contribution is -0.144. The fourth-order valence-corrected chi connectivity index (χ4v) is 0.972. The van der Waals surface area contributed by atoms with Crippen LogP contribution < -0.4 is 0 Å². The second-order valence-corrected chi connectivity index (χ2v) is 2.67. The van der Waals surface area contributed by atoms with Crippen molar-refractivity contribution >= 4 is 5.97 Å². The summed E-state index contributed by atoms with van der Waals surface area (Å²) in [6, 6.07) is 2.03. The lowest BCUT2D eigenvalue weighted by Gasteiger charge is -2.10. The summed E-state index contributed by atoms with van der Waals surface area (Å²) in [6.07, 6.45) is 3.86. The molecule has 1 aromatic heterocycles. The van der Waals surface area contributed by atoms with E-state index in [9.17, 15) is 13.6 Å². The summed E-state index contributed by atoms with van der Waals surface area (Å²) >= 11 is 0. The molecule has 0 amide bonds. The van der Waals surface area contributed by atoms with Gasteiger partial charge in [0.2, 0.25) is 11.9 Å². The molecule has 5 heteroatoms. The average molecular weight is 211 g/mol. The van der Waals surface area contributed by atoms with Crippen LogP contribution in [0.1, 0.15) is 18.6 Å². The number of esters is 1. The normalized spacial score (nSPS) is 11.6. The third-order valence-electron chi connectivity index (χ3n) is 1.56. The van der Waals surface area contributed by atoms with E-state index in [1.54, 1.807) is 0 Å². The molecule has 78 valence electrons. The molecule has 0 saturated carbocycles. The van der Waals surface area contributed by atoms with Gasteiger partial charge in [-0.2, -0.15) is 13.8 Å². The summed E-state index contributed by atoms with van der Waals surface area (Å²) in [5.41, 5.74) is -0.144. The van der Waals surface area contributed by atoms with Crippen molar-refractivity contribution in [3.8, 4) is 12.3 Å². The lowest BCUT2D eigenvalue weighted by atomic mass is 10.1. The molecule has 0 aliphatic carbocycles. The Morgan fingerprint density at radius 3 is 2.73 bits per heavy atom. The van der Waals surface area contributed by atoms with Crippen LogP contribution in [0.3, 0.4) is 0 Å². The molecule has 0 radical (unpaired) electrons. The predicted molar refractivity (Wildman–Crippen MR) is 47.5 cm³/mol. The molecule has 0 N–H and O–H groups in total. The van der Waals surface area contributed by atoms with E-state index in [0.717, 1.165) is 19.1 Å². The Morgan fingerprint density at radius 1 is 1.60 bits per heavy atom. The van der Waals surface area contributed by atoms with Crippen molar-refractivity contribution < 1.29 is 18.3 Å². The summed E-state index contributed by atoms with van der Waals surface area (Å²) in [6.45, 7) is 1.14. The predicted octanol–water partition coefficient (Wildman–Crippen LogP) is 1.60. The Hall–Kier alpha value is -1.96. The number of hydrogen-bond donors (Lipinski definition) is 0. The SMILES string of the molecule is C#CC(OC(C)=O)c1ccc(F)nc1F. The summed E-state index contributed by atoms with van der Waals surface area (Å²) in [5, 5.41) is 0. The zero-order valence-electron chi connectivity index (χ0n) is 7.83. The van der Waals surface area contributed by atoms with E-state index in [4.69, 9.17) is 6.42 Å². The summed E-state index contributed by atoms with van der Waals surface area (Å²) in [5.74, 6) is -0.634. The van der Waals surface area contributed by atoms with Gasteiger partial charge in [0.25, 0.3) is 0 Å². The van der Waals surface area contributed by atoms with Gasteiger partial charge in [-0.25, -0.2) is 0 Å². The maximum absolute atomic E-state index is 13.1. The van der Waals surface area contributed by atoms with E-state index < -0.39 is 24.0 Å². The molecule has 15 heavy (non-hydrogen) atoms. The number of halogens is 2. The molecule has 0 aromatic carbocycles. The van der Waals surface area contributed by atoms with Crippen LogP contribution in [0.2, 0.25) is 0 Å². The molecule has 3 nitrogen and oxygen atoms in total. The van der Waals surface area contributed by atoms with E-state index in [-0.39, 0.29) is 5.56 Å². The van der Waals surface area contributed by atoms with Crippen LogP contribution in [-0.2, 0) is 9.53 Å². The first kappa shape index (κ1) is 11.1. The fourth-order valence-electron chi connectivity index (χ4n) is 0.972. The van der Waals surface area contributed by atoms with E-state index in [2.05, 4.69) is 15.6 Å². The first-order chi connectivity index (χ1) is 7.04. The molecule has 0 bridgehead atoms. The summed E-state index contributed by atoms with van der Waals surface area (Å²) < 4.78 is 30.2. The van der Waals surface area contributed by atoms with Gasteiger partial charge < -0.3 is 4.74 Å². The minimum Gasteiger partial charge on any atom is -0.444 e. The minimum absolute atomic E-state index is 0.144. The molecular formula is C10H7F2NO2. The highest BCUT2D eigenvalue weighted by Crippen LogP contribution is 2.19. The topological polar surface area (TPSA) is 39.2 Å². The van der Waals surface area contributed by atoms with Crippen molar-refractivity contribution in [3.63, 3.8) is 0 Å². The highest BCUT2D eigenvalue weighted by atomic mass is 19.1. The van der Waals surface area contributed by atoms with Crippen molar-refractivity contribution in [1.82, 2.24) is 4.98 Å². The van der Waals surface area contributed by atoms with Gasteiger partial charge in [-0.05, 0) is 12.1 Å². The Kier molecular flexibility index (Phi) is 3.34. The maximum Gasteiger partial charge on any atom is 0.304 e. The molecule has 0 aliphatic heterocycles. The second-order valence-electron chi connectivity index (χ2n) is 2.67. The van der Waals surface area contributed by atoms with Crippen molar-refractivity contribution in [1.29, 1.82) is 0 Å². The van der Waals surface area contributed by atoms with Gasteiger partial charge in [-0.3, -0.25) is 4.79 Å². The van der Waals surface area contributed by atoms with Crippen LogP contribution in [0.15, 0.2) is 12.1 Å². The number of carbonyl (C=O) groups is 1. The number of carbonyl (C=O) groups excluding carboxylic acids is 1. The molecule has 1 rings (SSSR count). The molecular weight excluding hydrogens is 204 g/mol. The fraction of sp³-hybridized carbons (Fsp3) is 0.200. The molecule has 1 unspecified atom stereocenters. The van der Waals surface area contributed by atoms with Crippen molar-refractivity contribution in [2.24, 2.45) is 0 Å². The summed E-state index contributed by atoms with van der Waals surface area (Å²) in [7, 11) is 0. The highest BCUT2D eigenvalue weighted by molar-refractivity contribution is 5.66. The van der Waals surface area contributed by atoms with Gasteiger partial charge in [-0.1, -0.05) is 5.92 Å². The van der Waals surface area contributed by atoms with Gasteiger partial charge in [0.05, 0.1) is 5.56 Å². The Labute approximate surface area is 85.1 Å². The second kappa shape index (κ2) is 4.51. The average Bonchev–Trinajstić information content (AvgIpc) is 2.14. The lowest BCUT2D eigenvalue weighted by Crippen LogP contribution is -2.09. The Balaban J connectivity index is 3.03. The number of nitrogens with zero attached hydrogens (tertiary/aromatic N) is 1. The van der Waals surface area contributed by atoms with Crippen LogP contribution in [0.5, 0.6) is 0 Å². The highest BCUT2D eigenvalue weighted by Gasteiger charge is 2.17. The maximum atomic E-state index is 13.1. The van der Waals surface area contributed by atoms with Crippen molar-refractivity contribution in [2.45, 2.75) is 13.0 Å². The summed E-state index contributed by atoms with van der Waals surface area (Å²) in [4.78, 5) is 13.6. The van der Waals surface area contributed by atoms with Crippen LogP contribution in [0.25, 0.3) is 0 Å². The standard InChI is InChI=1S/C10H7F2NO2/c1-3-8(15-6(2)14)7-4-5-9(11)13-10(7)12/h1,4-5,8H,2H3. The number of aromatic nitrogens is 1. The monoisotopic (exact) mass is 211 g/mol. The number of pyridine rings is 1. The van der Waals surface area contributed by atoms with E-state index in [1.807, 2.05) is 0 Å². The van der Waals surface area contributed by atoms with Crippen molar-refractivity contribution in [2.75, 3.05) is 0 Å². The first-order valence-corrected chi connectivity index (χ1v) is 4.00. The Bertz CT molecular complexity index is 426. The number of ether oxygens (including phenoxy) is 1. The molecule has 1 aromatic rings. The molecule has 0 spiro atoms. The number of rotatable bonds is 2. The first-order valence-electron chi connectivity index (χ1n) is 4.00. The third kappa shape index (κ3) is 2.74. The van der Waals surface area contributed by atoms with Gasteiger partial charge in [-0.15, -0.1) is 6.42 Å². The van der Waals surface area contributed by atoms with E-state index >= 15 is 0 Å². The van der Waals surface area contributed by atoms with Gasteiger partial charge in [0, 0.05) is 6.92 Å². The molecule has 0 saturated heterocycles. The van der Waals surface area contributed by atoms with Gasteiger partial charge in [0.15, 0.2) is 6.10 Å². The third-order valence-corrected chi connectivity index (χ3v) is 1.56. The molecule has 0 fully saturated rings. The Morgan fingerprint density at radius 2 is 2.27 bits per heavy atom. The number of hydrogen-bond acceptors (Lipinski definition) is 3. The largest absolute Gasteiger partial charge is 0.444 e. The van der Waals surface area contributed by atoms with Gasteiger partial charge >= 0.3 is 5.97 Å².